The first-order valence-electron chi connectivity index (χ1n) is 7.53. The van der Waals surface area contributed by atoms with E-state index in [1.807, 2.05) is 36.5 Å². The fourth-order valence-corrected chi connectivity index (χ4v) is 4.45. The minimum Gasteiger partial charge on any atom is -0.351 e. The monoisotopic (exact) mass is 415 g/mol. The number of rotatable bonds is 3. The van der Waals surface area contributed by atoms with Crippen molar-refractivity contribution in [3.05, 3.63) is 81.2 Å². The lowest BCUT2D eigenvalue weighted by molar-refractivity contribution is 0.575. The van der Waals surface area contributed by atoms with Gasteiger partial charge in [-0.25, -0.2) is 0 Å². The molecule has 2 aromatic heterocycles. The molecule has 3 aromatic rings. The molecule has 0 spiro atoms. The Bertz CT molecular complexity index is 834. The SMILES string of the molecule is S=C1N[C@@H](c2ccccn2)[C@H](c2cccs2)N1c1ccc(Br)cc1. The van der Waals surface area contributed by atoms with Gasteiger partial charge in [0.1, 0.15) is 0 Å². The van der Waals surface area contributed by atoms with Crippen molar-refractivity contribution in [1.29, 1.82) is 0 Å². The van der Waals surface area contributed by atoms with Gasteiger partial charge in [-0.3, -0.25) is 4.98 Å². The van der Waals surface area contributed by atoms with E-state index in [9.17, 15) is 0 Å². The molecule has 0 aliphatic carbocycles. The summed E-state index contributed by atoms with van der Waals surface area (Å²) in [4.78, 5) is 8.00. The van der Waals surface area contributed by atoms with Crippen LogP contribution in [-0.4, -0.2) is 10.1 Å². The highest BCUT2D eigenvalue weighted by Gasteiger charge is 2.41. The van der Waals surface area contributed by atoms with Crippen LogP contribution < -0.4 is 10.2 Å². The van der Waals surface area contributed by atoms with Gasteiger partial charge in [-0.15, -0.1) is 11.3 Å². The third-order valence-corrected chi connectivity index (χ3v) is 5.82. The summed E-state index contributed by atoms with van der Waals surface area (Å²) in [6.45, 7) is 0. The highest BCUT2D eigenvalue weighted by molar-refractivity contribution is 9.10. The van der Waals surface area contributed by atoms with Crippen LogP contribution in [-0.2, 0) is 0 Å². The normalized spacial score (nSPS) is 20.2. The summed E-state index contributed by atoms with van der Waals surface area (Å²) in [6.07, 6.45) is 1.83. The second kappa shape index (κ2) is 6.63. The molecule has 0 radical (unpaired) electrons. The van der Waals surface area contributed by atoms with E-state index >= 15 is 0 Å². The maximum atomic E-state index is 5.66. The number of hydrogen-bond donors (Lipinski definition) is 1. The molecule has 1 aliphatic rings. The molecule has 0 saturated carbocycles. The van der Waals surface area contributed by atoms with E-state index in [4.69, 9.17) is 12.2 Å². The van der Waals surface area contributed by atoms with Crippen molar-refractivity contribution in [3.63, 3.8) is 0 Å². The largest absolute Gasteiger partial charge is 0.351 e. The van der Waals surface area contributed by atoms with Gasteiger partial charge in [0.25, 0.3) is 0 Å². The van der Waals surface area contributed by atoms with Crippen LogP contribution in [0.1, 0.15) is 22.7 Å². The van der Waals surface area contributed by atoms with Gasteiger partial charge in [0, 0.05) is 21.2 Å². The summed E-state index contributed by atoms with van der Waals surface area (Å²) < 4.78 is 1.05. The second-order valence-corrected chi connectivity index (χ2v) is 7.77. The standard InChI is InChI=1S/C18H14BrN3S2/c19-12-6-8-13(9-7-12)22-17(15-5-3-11-24-15)16(21-18(22)23)14-4-1-2-10-20-14/h1-11,16-17H,(H,21,23)/t16-,17-/m0/s1. The number of anilines is 1. The Kier molecular flexibility index (Phi) is 4.35. The summed E-state index contributed by atoms with van der Waals surface area (Å²) in [5.41, 5.74) is 2.07. The van der Waals surface area contributed by atoms with Crippen molar-refractivity contribution in [2.24, 2.45) is 0 Å². The van der Waals surface area contributed by atoms with Crippen molar-refractivity contribution >= 4 is 50.3 Å². The maximum Gasteiger partial charge on any atom is 0.174 e. The number of aromatic nitrogens is 1. The number of nitrogens with one attached hydrogen (secondary N) is 1. The third-order valence-electron chi connectivity index (χ3n) is 4.04. The zero-order valence-corrected chi connectivity index (χ0v) is 15.8. The summed E-state index contributed by atoms with van der Waals surface area (Å²) in [6, 6.07) is 18.6. The number of nitrogens with zero attached hydrogens (tertiary/aromatic N) is 2. The topological polar surface area (TPSA) is 28.2 Å². The van der Waals surface area contributed by atoms with Gasteiger partial charge in [0.15, 0.2) is 5.11 Å². The number of thiophene rings is 1. The van der Waals surface area contributed by atoms with Gasteiger partial charge in [0.2, 0.25) is 0 Å². The molecule has 1 aromatic carbocycles. The van der Waals surface area contributed by atoms with Gasteiger partial charge in [0.05, 0.1) is 17.8 Å². The van der Waals surface area contributed by atoms with Crippen LogP contribution in [0.15, 0.2) is 70.6 Å². The predicted octanol–water partition coefficient (Wildman–Crippen LogP) is 5.08. The van der Waals surface area contributed by atoms with Crippen molar-refractivity contribution < 1.29 is 0 Å². The van der Waals surface area contributed by atoms with Crippen LogP contribution >= 0.6 is 39.5 Å². The van der Waals surface area contributed by atoms with Crippen LogP contribution in [0.5, 0.6) is 0 Å². The first kappa shape index (κ1) is 15.7. The lowest BCUT2D eigenvalue weighted by atomic mass is 10.0. The van der Waals surface area contributed by atoms with Crippen molar-refractivity contribution in [3.8, 4) is 0 Å². The fourth-order valence-electron chi connectivity index (χ4n) is 2.98. The molecular formula is C18H14BrN3S2. The van der Waals surface area contributed by atoms with E-state index < -0.39 is 0 Å². The molecule has 24 heavy (non-hydrogen) atoms. The fraction of sp³-hybridized carbons (Fsp3) is 0.111. The summed E-state index contributed by atoms with van der Waals surface area (Å²) in [5.74, 6) is 0. The van der Waals surface area contributed by atoms with Gasteiger partial charge in [-0.05, 0) is 60.1 Å². The Morgan fingerprint density at radius 1 is 1.08 bits per heavy atom. The van der Waals surface area contributed by atoms with E-state index in [-0.39, 0.29) is 12.1 Å². The molecular weight excluding hydrogens is 402 g/mol. The molecule has 0 bridgehead atoms. The molecule has 3 nitrogen and oxygen atoms in total. The average Bonchev–Trinajstić information content (AvgIpc) is 3.24. The molecule has 0 amide bonds. The molecule has 1 saturated heterocycles. The number of benzene rings is 1. The Morgan fingerprint density at radius 2 is 1.92 bits per heavy atom. The van der Waals surface area contributed by atoms with Gasteiger partial charge in [-0.1, -0.05) is 28.1 Å². The minimum absolute atomic E-state index is 0.0287. The van der Waals surface area contributed by atoms with Crippen LogP contribution in [0, 0.1) is 0 Å². The molecule has 1 N–H and O–H groups in total. The van der Waals surface area contributed by atoms with E-state index in [1.165, 1.54) is 4.88 Å². The highest BCUT2D eigenvalue weighted by Crippen LogP contribution is 2.42. The number of halogens is 1. The van der Waals surface area contributed by atoms with Crippen molar-refractivity contribution in [2.45, 2.75) is 12.1 Å². The molecule has 2 atom stereocenters. The van der Waals surface area contributed by atoms with Gasteiger partial charge < -0.3 is 10.2 Å². The molecule has 120 valence electrons. The molecule has 3 heterocycles. The Balaban J connectivity index is 1.80. The first-order valence-corrected chi connectivity index (χ1v) is 9.62. The highest BCUT2D eigenvalue weighted by atomic mass is 79.9. The quantitative estimate of drug-likeness (QED) is 0.603. The lowest BCUT2D eigenvalue weighted by Crippen LogP contribution is -2.28. The Hall–Kier alpha value is -1.76. The Labute approximate surface area is 158 Å². The van der Waals surface area contributed by atoms with Crippen molar-refractivity contribution in [2.75, 3.05) is 4.90 Å². The third kappa shape index (κ3) is 2.85. The van der Waals surface area contributed by atoms with E-state index in [0.717, 1.165) is 21.0 Å². The summed E-state index contributed by atoms with van der Waals surface area (Å²) in [5, 5.41) is 6.29. The molecule has 1 aliphatic heterocycles. The predicted molar refractivity (Wildman–Crippen MR) is 106 cm³/mol. The Morgan fingerprint density at radius 3 is 2.58 bits per heavy atom. The molecule has 6 heteroatoms. The smallest absolute Gasteiger partial charge is 0.174 e. The number of thiocarbonyl (C=S) groups is 1. The summed E-state index contributed by atoms with van der Waals surface area (Å²) in [7, 11) is 0. The van der Waals surface area contributed by atoms with E-state index in [2.05, 4.69) is 60.8 Å². The minimum atomic E-state index is 0.0287. The van der Waals surface area contributed by atoms with Crippen LogP contribution in [0.2, 0.25) is 0 Å². The van der Waals surface area contributed by atoms with E-state index in [1.54, 1.807) is 11.3 Å². The zero-order valence-electron chi connectivity index (χ0n) is 12.6. The first-order chi connectivity index (χ1) is 11.7. The van der Waals surface area contributed by atoms with Crippen molar-refractivity contribution in [1.82, 2.24) is 10.3 Å². The average molecular weight is 416 g/mol. The second-order valence-electron chi connectivity index (χ2n) is 5.49. The van der Waals surface area contributed by atoms with E-state index in [0.29, 0.717) is 0 Å². The molecule has 1 fully saturated rings. The molecule has 0 unspecified atom stereocenters. The number of pyridine rings is 1. The van der Waals surface area contributed by atoms with Gasteiger partial charge in [-0.2, -0.15) is 0 Å². The van der Waals surface area contributed by atoms with Crippen LogP contribution in [0.25, 0.3) is 0 Å². The lowest BCUT2D eigenvalue weighted by Gasteiger charge is -2.26. The zero-order chi connectivity index (χ0) is 16.5. The van der Waals surface area contributed by atoms with Crippen LogP contribution in [0.4, 0.5) is 5.69 Å². The van der Waals surface area contributed by atoms with Crippen LogP contribution in [0.3, 0.4) is 0 Å². The maximum absolute atomic E-state index is 5.66. The van der Waals surface area contributed by atoms with Gasteiger partial charge >= 0.3 is 0 Å². The molecule has 4 rings (SSSR count). The number of hydrogen-bond acceptors (Lipinski definition) is 3. The summed E-state index contributed by atoms with van der Waals surface area (Å²) >= 11 is 10.9.